The number of amides is 2. The number of carbonyl (C=O) groups is 2. The van der Waals surface area contributed by atoms with Crippen LogP contribution in [0.3, 0.4) is 0 Å². The third-order valence-electron chi connectivity index (χ3n) is 4.24. The molecule has 2 amide bonds. The quantitative estimate of drug-likeness (QED) is 0.848. The standard InChI is InChI=1S/C16H21N3O2S/c20-15(18-7-2-1-3-8-18)11-22-12-16(21)19-9-5-13-4-6-17-10-14(13)19/h4,6,10H,1-3,5,7-9,11-12H2. The molecular weight excluding hydrogens is 298 g/mol. The van der Waals surface area contributed by atoms with Crippen LogP contribution in [0.5, 0.6) is 0 Å². The van der Waals surface area contributed by atoms with Gasteiger partial charge >= 0.3 is 0 Å². The third-order valence-corrected chi connectivity index (χ3v) is 5.15. The van der Waals surface area contributed by atoms with Crippen molar-refractivity contribution >= 4 is 29.3 Å². The molecule has 1 aromatic rings. The summed E-state index contributed by atoms with van der Waals surface area (Å²) in [6.07, 6.45) is 7.83. The number of fused-ring (bicyclic) bond motifs is 1. The van der Waals surface area contributed by atoms with Gasteiger partial charge in [-0.1, -0.05) is 0 Å². The molecule has 22 heavy (non-hydrogen) atoms. The maximum Gasteiger partial charge on any atom is 0.237 e. The molecule has 0 saturated carbocycles. The molecule has 1 fully saturated rings. The predicted octanol–water partition coefficient (Wildman–Crippen LogP) is 1.72. The van der Waals surface area contributed by atoms with Crippen LogP contribution in [0.4, 0.5) is 5.69 Å². The Morgan fingerprint density at radius 2 is 1.86 bits per heavy atom. The van der Waals surface area contributed by atoms with Gasteiger partial charge in [-0.25, -0.2) is 0 Å². The zero-order valence-corrected chi connectivity index (χ0v) is 13.5. The number of carbonyl (C=O) groups excluding carboxylic acids is 2. The number of thioether (sulfide) groups is 1. The molecule has 0 radical (unpaired) electrons. The SMILES string of the molecule is O=C(CSCC(=O)N1CCc2ccncc21)N1CCCCC1. The molecule has 118 valence electrons. The molecule has 0 N–H and O–H groups in total. The van der Waals surface area contributed by atoms with E-state index in [0.717, 1.165) is 44.6 Å². The second kappa shape index (κ2) is 7.13. The van der Waals surface area contributed by atoms with Gasteiger partial charge in [0.2, 0.25) is 11.8 Å². The Kier molecular flexibility index (Phi) is 4.97. The van der Waals surface area contributed by atoms with E-state index in [1.54, 1.807) is 17.3 Å². The van der Waals surface area contributed by atoms with E-state index in [-0.39, 0.29) is 11.8 Å². The van der Waals surface area contributed by atoms with Gasteiger partial charge in [0.25, 0.3) is 0 Å². The molecule has 2 aliphatic rings. The molecule has 5 nitrogen and oxygen atoms in total. The largest absolute Gasteiger partial charge is 0.342 e. The molecule has 0 spiro atoms. The fraction of sp³-hybridized carbons (Fsp3) is 0.562. The van der Waals surface area contributed by atoms with Crippen molar-refractivity contribution in [3.8, 4) is 0 Å². The summed E-state index contributed by atoms with van der Waals surface area (Å²) < 4.78 is 0. The minimum Gasteiger partial charge on any atom is -0.342 e. The number of piperidine rings is 1. The first-order valence-electron chi connectivity index (χ1n) is 7.84. The van der Waals surface area contributed by atoms with Gasteiger partial charge in [0.15, 0.2) is 0 Å². The normalized spacial score (nSPS) is 17.5. The van der Waals surface area contributed by atoms with Gasteiger partial charge in [0.1, 0.15) is 0 Å². The molecule has 0 atom stereocenters. The van der Waals surface area contributed by atoms with Crippen molar-refractivity contribution in [2.24, 2.45) is 0 Å². The second-order valence-corrected chi connectivity index (χ2v) is 6.72. The first-order chi connectivity index (χ1) is 10.8. The Morgan fingerprint density at radius 1 is 1.09 bits per heavy atom. The van der Waals surface area contributed by atoms with E-state index in [9.17, 15) is 9.59 Å². The molecular formula is C16H21N3O2S. The summed E-state index contributed by atoms with van der Waals surface area (Å²) in [5.74, 6) is 0.997. The smallest absolute Gasteiger partial charge is 0.237 e. The minimum absolute atomic E-state index is 0.0724. The van der Waals surface area contributed by atoms with Gasteiger partial charge in [-0.05, 0) is 37.3 Å². The number of anilines is 1. The van der Waals surface area contributed by atoms with Crippen LogP contribution in [0.1, 0.15) is 24.8 Å². The molecule has 3 rings (SSSR count). The van der Waals surface area contributed by atoms with Gasteiger partial charge < -0.3 is 9.80 Å². The number of aromatic nitrogens is 1. The van der Waals surface area contributed by atoms with E-state index in [1.165, 1.54) is 23.7 Å². The number of likely N-dealkylation sites (tertiary alicyclic amines) is 1. The van der Waals surface area contributed by atoms with Crippen molar-refractivity contribution in [3.63, 3.8) is 0 Å². The van der Waals surface area contributed by atoms with Crippen molar-refractivity contribution in [1.82, 2.24) is 9.88 Å². The Balaban J connectivity index is 1.46. The van der Waals surface area contributed by atoms with Crippen LogP contribution in [0, 0.1) is 0 Å². The van der Waals surface area contributed by atoms with E-state index in [0.29, 0.717) is 11.5 Å². The van der Waals surface area contributed by atoms with E-state index in [2.05, 4.69) is 4.98 Å². The topological polar surface area (TPSA) is 53.5 Å². The van der Waals surface area contributed by atoms with Gasteiger partial charge in [-0.15, -0.1) is 11.8 Å². The van der Waals surface area contributed by atoms with E-state index >= 15 is 0 Å². The Labute approximate surface area is 135 Å². The first kappa shape index (κ1) is 15.3. The van der Waals surface area contributed by atoms with Crippen molar-refractivity contribution in [2.75, 3.05) is 36.0 Å². The molecule has 2 aliphatic heterocycles. The maximum absolute atomic E-state index is 12.3. The highest BCUT2D eigenvalue weighted by molar-refractivity contribution is 8.00. The molecule has 1 aromatic heterocycles. The lowest BCUT2D eigenvalue weighted by atomic mass is 10.1. The van der Waals surface area contributed by atoms with Crippen LogP contribution in [0.15, 0.2) is 18.5 Å². The van der Waals surface area contributed by atoms with Crippen molar-refractivity contribution in [1.29, 1.82) is 0 Å². The first-order valence-corrected chi connectivity index (χ1v) is 9.00. The molecule has 0 aromatic carbocycles. The van der Waals surface area contributed by atoms with Gasteiger partial charge in [-0.2, -0.15) is 0 Å². The monoisotopic (exact) mass is 319 g/mol. The molecule has 6 heteroatoms. The highest BCUT2D eigenvalue weighted by atomic mass is 32.2. The Morgan fingerprint density at radius 3 is 2.68 bits per heavy atom. The van der Waals surface area contributed by atoms with E-state index in [4.69, 9.17) is 0 Å². The highest BCUT2D eigenvalue weighted by Gasteiger charge is 2.25. The molecule has 3 heterocycles. The summed E-state index contributed by atoms with van der Waals surface area (Å²) in [6, 6.07) is 1.97. The number of nitrogens with zero attached hydrogens (tertiary/aromatic N) is 3. The lowest BCUT2D eigenvalue weighted by Crippen LogP contribution is -2.37. The summed E-state index contributed by atoms with van der Waals surface area (Å²) >= 11 is 1.42. The predicted molar refractivity (Wildman–Crippen MR) is 88.1 cm³/mol. The van der Waals surface area contributed by atoms with Crippen LogP contribution in [0.25, 0.3) is 0 Å². The Bertz CT molecular complexity index is 558. The average molecular weight is 319 g/mol. The van der Waals surface area contributed by atoms with E-state index < -0.39 is 0 Å². The lowest BCUT2D eigenvalue weighted by Gasteiger charge is -2.26. The van der Waals surface area contributed by atoms with Crippen LogP contribution >= 0.6 is 11.8 Å². The van der Waals surface area contributed by atoms with Crippen molar-refractivity contribution in [2.45, 2.75) is 25.7 Å². The third kappa shape index (κ3) is 3.43. The average Bonchev–Trinajstić information content (AvgIpc) is 2.99. The summed E-state index contributed by atoms with van der Waals surface area (Å²) in [7, 11) is 0. The number of hydrogen-bond acceptors (Lipinski definition) is 4. The second-order valence-electron chi connectivity index (χ2n) is 5.73. The summed E-state index contributed by atoms with van der Waals surface area (Å²) in [6.45, 7) is 2.47. The number of hydrogen-bond donors (Lipinski definition) is 0. The fourth-order valence-corrected chi connectivity index (χ4v) is 3.81. The maximum atomic E-state index is 12.3. The summed E-state index contributed by atoms with van der Waals surface area (Å²) in [4.78, 5) is 32.2. The Hall–Kier alpha value is -1.56. The van der Waals surface area contributed by atoms with Gasteiger partial charge in [0.05, 0.1) is 23.4 Å². The van der Waals surface area contributed by atoms with E-state index in [1.807, 2.05) is 11.0 Å². The minimum atomic E-state index is 0.0724. The molecule has 0 unspecified atom stereocenters. The molecule has 0 bridgehead atoms. The lowest BCUT2D eigenvalue weighted by molar-refractivity contribution is -0.129. The van der Waals surface area contributed by atoms with Crippen molar-refractivity contribution in [3.05, 3.63) is 24.0 Å². The van der Waals surface area contributed by atoms with Crippen LogP contribution in [-0.4, -0.2) is 52.8 Å². The zero-order valence-electron chi connectivity index (χ0n) is 12.7. The van der Waals surface area contributed by atoms with Gasteiger partial charge in [-0.3, -0.25) is 14.6 Å². The van der Waals surface area contributed by atoms with Crippen LogP contribution in [0.2, 0.25) is 0 Å². The van der Waals surface area contributed by atoms with Gasteiger partial charge in [0, 0.05) is 25.8 Å². The number of pyridine rings is 1. The zero-order chi connectivity index (χ0) is 15.4. The summed E-state index contributed by atoms with van der Waals surface area (Å²) in [5, 5.41) is 0. The molecule has 0 aliphatic carbocycles. The van der Waals surface area contributed by atoms with Crippen LogP contribution in [-0.2, 0) is 16.0 Å². The number of rotatable bonds is 4. The summed E-state index contributed by atoms with van der Waals surface area (Å²) in [5.41, 5.74) is 2.10. The molecule has 1 saturated heterocycles. The van der Waals surface area contributed by atoms with Crippen molar-refractivity contribution < 1.29 is 9.59 Å². The van der Waals surface area contributed by atoms with Crippen LogP contribution < -0.4 is 4.90 Å². The highest BCUT2D eigenvalue weighted by Crippen LogP contribution is 2.27. The fourth-order valence-electron chi connectivity index (χ4n) is 3.02.